The average Bonchev–Trinajstić information content (AvgIpc) is 3.29. The van der Waals surface area contributed by atoms with Crippen molar-refractivity contribution >= 4 is 11.0 Å². The fraction of sp³-hybridized carbons (Fsp3) is 0.400. The molecule has 0 amide bonds. The summed E-state index contributed by atoms with van der Waals surface area (Å²) in [7, 11) is 2.16. The Bertz CT molecular complexity index is 824. The van der Waals surface area contributed by atoms with E-state index in [1.807, 2.05) is 30.6 Å². The molecule has 0 aromatic carbocycles. The lowest BCUT2D eigenvalue weighted by Gasteiger charge is -2.18. The van der Waals surface area contributed by atoms with E-state index < -0.39 is 0 Å². The molecule has 3 aromatic heterocycles. The first kappa shape index (κ1) is 16.2. The van der Waals surface area contributed by atoms with Gasteiger partial charge in [-0.2, -0.15) is 0 Å². The Kier molecular flexibility index (Phi) is 4.76. The number of hydrogen-bond acceptors (Lipinski definition) is 4. The van der Waals surface area contributed by atoms with Crippen LogP contribution in [-0.4, -0.2) is 40.1 Å². The molecule has 1 N–H and O–H groups in total. The van der Waals surface area contributed by atoms with Crippen LogP contribution in [0.4, 0.5) is 0 Å². The van der Waals surface area contributed by atoms with Crippen LogP contribution in [0.15, 0.2) is 42.7 Å². The normalized spacial score (nSPS) is 17.6. The van der Waals surface area contributed by atoms with Crippen LogP contribution in [0.25, 0.3) is 11.0 Å². The highest BCUT2D eigenvalue weighted by Gasteiger charge is 2.24. The molecule has 0 radical (unpaired) electrons. The van der Waals surface area contributed by atoms with Gasteiger partial charge in [0.2, 0.25) is 0 Å². The van der Waals surface area contributed by atoms with E-state index in [1.54, 1.807) is 0 Å². The summed E-state index contributed by atoms with van der Waals surface area (Å²) in [5, 5.41) is 1.21. The number of hydrogen-bond donors (Lipinski definition) is 1. The fourth-order valence-electron chi connectivity index (χ4n) is 3.55. The zero-order chi connectivity index (χ0) is 17.1. The lowest BCUT2D eigenvalue weighted by molar-refractivity contribution is 0.108. The number of likely N-dealkylation sites (N-methyl/N-ethyl adjacent to an activating group) is 1. The summed E-state index contributed by atoms with van der Waals surface area (Å²) < 4.78 is 5.93. The first-order chi connectivity index (χ1) is 12.3. The number of rotatable bonds is 6. The smallest absolute Gasteiger partial charge is 0.137 e. The Morgan fingerprint density at radius 2 is 2.12 bits per heavy atom. The minimum atomic E-state index is 0.174. The van der Waals surface area contributed by atoms with E-state index in [0.717, 1.165) is 50.3 Å². The van der Waals surface area contributed by atoms with Gasteiger partial charge in [0.05, 0.1) is 11.8 Å². The Morgan fingerprint density at radius 3 is 2.92 bits per heavy atom. The van der Waals surface area contributed by atoms with Crippen molar-refractivity contribution in [2.45, 2.75) is 31.9 Å². The Morgan fingerprint density at radius 1 is 1.20 bits per heavy atom. The third-order valence-corrected chi connectivity index (χ3v) is 4.87. The van der Waals surface area contributed by atoms with Gasteiger partial charge in [-0.3, -0.25) is 4.98 Å². The van der Waals surface area contributed by atoms with Crippen molar-refractivity contribution < 1.29 is 4.74 Å². The topological polar surface area (TPSA) is 54.0 Å². The number of pyridine rings is 2. The van der Waals surface area contributed by atoms with E-state index in [2.05, 4.69) is 39.0 Å². The minimum absolute atomic E-state index is 0.174. The van der Waals surface area contributed by atoms with Crippen LogP contribution in [0.3, 0.4) is 0 Å². The van der Waals surface area contributed by atoms with E-state index in [-0.39, 0.29) is 6.10 Å². The van der Waals surface area contributed by atoms with Crippen molar-refractivity contribution in [3.63, 3.8) is 0 Å². The van der Waals surface area contributed by atoms with Crippen molar-refractivity contribution in [1.82, 2.24) is 19.9 Å². The quantitative estimate of drug-likeness (QED) is 0.749. The molecule has 4 heterocycles. The van der Waals surface area contributed by atoms with Gasteiger partial charge >= 0.3 is 0 Å². The predicted molar refractivity (Wildman–Crippen MR) is 98.3 cm³/mol. The molecule has 1 aliphatic heterocycles. The Labute approximate surface area is 148 Å². The summed E-state index contributed by atoms with van der Waals surface area (Å²) >= 11 is 0. The SMILES string of the molecule is CN(CCc1ccccn1)Cc1c([C@H]2CCCO2)[nH]c2ncccc12. The molecule has 130 valence electrons. The summed E-state index contributed by atoms with van der Waals surface area (Å²) in [5.41, 5.74) is 4.62. The molecule has 0 aliphatic carbocycles. The molecule has 1 fully saturated rings. The number of aromatic amines is 1. The van der Waals surface area contributed by atoms with Crippen LogP contribution < -0.4 is 0 Å². The first-order valence-corrected chi connectivity index (χ1v) is 8.97. The van der Waals surface area contributed by atoms with Gasteiger partial charge in [0.25, 0.3) is 0 Å². The van der Waals surface area contributed by atoms with Gasteiger partial charge in [-0.25, -0.2) is 4.98 Å². The van der Waals surface area contributed by atoms with Crippen LogP contribution in [-0.2, 0) is 17.7 Å². The maximum absolute atomic E-state index is 5.93. The molecule has 3 aromatic rings. The van der Waals surface area contributed by atoms with Gasteiger partial charge in [-0.1, -0.05) is 6.07 Å². The second-order valence-electron chi connectivity index (χ2n) is 6.73. The van der Waals surface area contributed by atoms with Crippen LogP contribution in [0, 0.1) is 0 Å². The van der Waals surface area contributed by atoms with Crippen molar-refractivity contribution in [1.29, 1.82) is 0 Å². The predicted octanol–water partition coefficient (Wildman–Crippen LogP) is 3.48. The maximum Gasteiger partial charge on any atom is 0.137 e. The summed E-state index contributed by atoms with van der Waals surface area (Å²) in [6, 6.07) is 10.2. The number of ether oxygens (including phenoxy) is 1. The highest BCUT2D eigenvalue weighted by molar-refractivity contribution is 5.81. The molecule has 25 heavy (non-hydrogen) atoms. The molecule has 1 saturated heterocycles. The highest BCUT2D eigenvalue weighted by Crippen LogP contribution is 2.34. The van der Waals surface area contributed by atoms with Gasteiger partial charge in [0.1, 0.15) is 5.65 Å². The lowest BCUT2D eigenvalue weighted by Crippen LogP contribution is -2.22. The molecule has 0 bridgehead atoms. The third kappa shape index (κ3) is 3.57. The monoisotopic (exact) mass is 336 g/mol. The average molecular weight is 336 g/mol. The molecule has 1 aliphatic rings. The molecule has 4 rings (SSSR count). The van der Waals surface area contributed by atoms with Crippen LogP contribution in [0.1, 0.15) is 35.9 Å². The summed E-state index contributed by atoms with van der Waals surface area (Å²) in [5.74, 6) is 0. The number of H-pyrrole nitrogens is 1. The molecule has 5 heteroatoms. The molecule has 0 saturated carbocycles. The van der Waals surface area contributed by atoms with E-state index in [1.165, 1.54) is 16.6 Å². The zero-order valence-electron chi connectivity index (χ0n) is 14.6. The second-order valence-corrected chi connectivity index (χ2v) is 6.73. The Balaban J connectivity index is 1.54. The number of fused-ring (bicyclic) bond motifs is 1. The molecule has 0 spiro atoms. The minimum Gasteiger partial charge on any atom is -0.372 e. The van der Waals surface area contributed by atoms with E-state index >= 15 is 0 Å². The van der Waals surface area contributed by atoms with Crippen LogP contribution in [0.2, 0.25) is 0 Å². The number of nitrogens with zero attached hydrogens (tertiary/aromatic N) is 3. The molecule has 5 nitrogen and oxygen atoms in total. The van der Waals surface area contributed by atoms with Crippen LogP contribution >= 0.6 is 0 Å². The molecule has 1 atom stereocenters. The molecular formula is C20H24N4O. The lowest BCUT2D eigenvalue weighted by atomic mass is 10.1. The van der Waals surface area contributed by atoms with Crippen molar-refractivity contribution in [3.05, 3.63) is 59.7 Å². The number of nitrogens with one attached hydrogen (secondary N) is 1. The fourth-order valence-corrected chi connectivity index (χ4v) is 3.55. The Hall–Kier alpha value is -2.24. The first-order valence-electron chi connectivity index (χ1n) is 8.97. The van der Waals surface area contributed by atoms with Crippen molar-refractivity contribution in [3.8, 4) is 0 Å². The highest BCUT2D eigenvalue weighted by atomic mass is 16.5. The summed E-state index contributed by atoms with van der Waals surface area (Å²) in [6.07, 6.45) is 7.03. The van der Waals surface area contributed by atoms with Crippen molar-refractivity contribution in [2.24, 2.45) is 0 Å². The molecular weight excluding hydrogens is 312 g/mol. The van der Waals surface area contributed by atoms with E-state index in [0.29, 0.717) is 0 Å². The maximum atomic E-state index is 5.93. The third-order valence-electron chi connectivity index (χ3n) is 4.87. The van der Waals surface area contributed by atoms with Gasteiger partial charge in [0.15, 0.2) is 0 Å². The largest absolute Gasteiger partial charge is 0.372 e. The van der Waals surface area contributed by atoms with Gasteiger partial charge in [-0.05, 0) is 49.7 Å². The van der Waals surface area contributed by atoms with Crippen molar-refractivity contribution in [2.75, 3.05) is 20.2 Å². The zero-order valence-corrected chi connectivity index (χ0v) is 14.6. The van der Waals surface area contributed by atoms with E-state index in [4.69, 9.17) is 4.74 Å². The summed E-state index contributed by atoms with van der Waals surface area (Å²) in [4.78, 5) is 14.8. The van der Waals surface area contributed by atoms with Gasteiger partial charge < -0.3 is 14.6 Å². The number of aromatic nitrogens is 3. The van der Waals surface area contributed by atoms with E-state index in [9.17, 15) is 0 Å². The van der Waals surface area contributed by atoms with Gasteiger partial charge in [0, 0.05) is 49.6 Å². The summed E-state index contributed by atoms with van der Waals surface area (Å²) in [6.45, 7) is 2.70. The molecule has 0 unspecified atom stereocenters. The standard InChI is InChI=1S/C20H24N4O/c1-24(12-9-15-6-2-3-10-21-15)14-17-16-7-4-11-22-20(16)23-19(17)18-8-5-13-25-18/h2-4,6-7,10-11,18H,5,8-9,12-14H2,1H3,(H,22,23)/t18-/m1/s1. The van der Waals surface area contributed by atoms with Gasteiger partial charge in [-0.15, -0.1) is 0 Å². The van der Waals surface area contributed by atoms with Crippen LogP contribution in [0.5, 0.6) is 0 Å². The second kappa shape index (κ2) is 7.33.